The Morgan fingerprint density at radius 2 is 1.95 bits per heavy atom. The molecule has 0 fully saturated rings. The normalized spacial score (nSPS) is 12.6. The van der Waals surface area contributed by atoms with Gasteiger partial charge in [0.1, 0.15) is 0 Å². The van der Waals surface area contributed by atoms with Crippen molar-refractivity contribution in [3.8, 4) is 0 Å². The number of nitrogens with two attached hydrogens (primary N) is 1. The third-order valence-corrected chi connectivity index (χ3v) is 3.35. The van der Waals surface area contributed by atoms with Gasteiger partial charge in [-0.3, -0.25) is 4.79 Å². The maximum absolute atomic E-state index is 11.3. The fraction of sp³-hybridized carbons (Fsp3) is 0.533. The molecule has 1 atom stereocenters. The van der Waals surface area contributed by atoms with E-state index in [1.165, 1.54) is 0 Å². The first-order valence-corrected chi connectivity index (χ1v) is 6.91. The van der Waals surface area contributed by atoms with E-state index in [2.05, 4.69) is 31.0 Å². The van der Waals surface area contributed by atoms with Crippen LogP contribution in [0.25, 0.3) is 0 Å². The molecule has 4 nitrogen and oxygen atoms in total. The average Bonchev–Trinajstić information content (AvgIpc) is 2.42. The SMILES string of the molecule is CCN(CC)CC(C)NCc1ccccc1C(N)=O. The van der Waals surface area contributed by atoms with E-state index >= 15 is 0 Å². The number of rotatable bonds is 8. The van der Waals surface area contributed by atoms with Gasteiger partial charge < -0.3 is 16.0 Å². The van der Waals surface area contributed by atoms with Crippen LogP contribution in [0.4, 0.5) is 0 Å². The Bertz CT molecular complexity index is 402. The van der Waals surface area contributed by atoms with E-state index in [0.717, 1.165) is 25.2 Å². The van der Waals surface area contributed by atoms with Gasteiger partial charge in [-0.15, -0.1) is 0 Å². The molecular weight excluding hydrogens is 238 g/mol. The molecule has 1 unspecified atom stereocenters. The lowest BCUT2D eigenvalue weighted by Gasteiger charge is -2.23. The van der Waals surface area contributed by atoms with Crippen LogP contribution >= 0.6 is 0 Å². The van der Waals surface area contributed by atoms with Gasteiger partial charge in [0.2, 0.25) is 5.91 Å². The Hall–Kier alpha value is -1.39. The topological polar surface area (TPSA) is 58.4 Å². The second-order valence-electron chi connectivity index (χ2n) is 4.79. The van der Waals surface area contributed by atoms with Gasteiger partial charge in [-0.2, -0.15) is 0 Å². The monoisotopic (exact) mass is 263 g/mol. The van der Waals surface area contributed by atoms with Gasteiger partial charge in [0, 0.05) is 24.7 Å². The Morgan fingerprint density at radius 3 is 2.53 bits per heavy atom. The summed E-state index contributed by atoms with van der Waals surface area (Å²) in [7, 11) is 0. The maximum atomic E-state index is 11.3. The van der Waals surface area contributed by atoms with E-state index in [1.807, 2.05) is 18.2 Å². The van der Waals surface area contributed by atoms with E-state index in [4.69, 9.17) is 5.73 Å². The number of nitrogens with one attached hydrogen (secondary N) is 1. The molecular formula is C15H25N3O. The van der Waals surface area contributed by atoms with Crippen LogP contribution in [0.15, 0.2) is 24.3 Å². The van der Waals surface area contributed by atoms with Gasteiger partial charge in [-0.25, -0.2) is 0 Å². The molecule has 0 bridgehead atoms. The number of likely N-dealkylation sites (N-methyl/N-ethyl adjacent to an activating group) is 1. The van der Waals surface area contributed by atoms with E-state index in [1.54, 1.807) is 6.07 Å². The van der Waals surface area contributed by atoms with Crippen LogP contribution in [-0.2, 0) is 6.54 Å². The number of amides is 1. The summed E-state index contributed by atoms with van der Waals surface area (Å²) in [6, 6.07) is 7.85. The Balaban J connectivity index is 2.55. The number of hydrogen-bond donors (Lipinski definition) is 2. The van der Waals surface area contributed by atoms with Crippen molar-refractivity contribution in [2.75, 3.05) is 19.6 Å². The minimum atomic E-state index is -0.367. The van der Waals surface area contributed by atoms with Crippen molar-refractivity contribution in [3.05, 3.63) is 35.4 Å². The average molecular weight is 263 g/mol. The minimum Gasteiger partial charge on any atom is -0.366 e. The summed E-state index contributed by atoms with van der Waals surface area (Å²) in [4.78, 5) is 13.7. The van der Waals surface area contributed by atoms with Gasteiger partial charge in [-0.05, 0) is 31.6 Å². The molecule has 1 aromatic carbocycles. The molecule has 0 aliphatic carbocycles. The molecule has 3 N–H and O–H groups in total. The first-order chi connectivity index (χ1) is 9.08. The third kappa shape index (κ3) is 5.01. The lowest BCUT2D eigenvalue weighted by Crippen LogP contribution is -2.39. The highest BCUT2D eigenvalue weighted by molar-refractivity contribution is 5.94. The number of carbonyl (C=O) groups is 1. The van der Waals surface area contributed by atoms with Gasteiger partial charge in [0.05, 0.1) is 0 Å². The summed E-state index contributed by atoms with van der Waals surface area (Å²) in [6.07, 6.45) is 0. The first kappa shape index (κ1) is 15.7. The van der Waals surface area contributed by atoms with Crippen LogP contribution in [0.3, 0.4) is 0 Å². The van der Waals surface area contributed by atoms with Crippen molar-refractivity contribution < 1.29 is 4.79 Å². The molecule has 1 rings (SSSR count). The quantitative estimate of drug-likeness (QED) is 0.749. The molecule has 1 aromatic rings. The fourth-order valence-corrected chi connectivity index (χ4v) is 2.13. The van der Waals surface area contributed by atoms with Crippen molar-refractivity contribution in [2.24, 2.45) is 5.73 Å². The second kappa shape index (κ2) is 7.92. The molecule has 0 radical (unpaired) electrons. The minimum absolute atomic E-state index is 0.367. The molecule has 19 heavy (non-hydrogen) atoms. The zero-order chi connectivity index (χ0) is 14.3. The van der Waals surface area contributed by atoms with Crippen molar-refractivity contribution in [1.29, 1.82) is 0 Å². The highest BCUT2D eigenvalue weighted by Crippen LogP contribution is 2.08. The summed E-state index contributed by atoms with van der Waals surface area (Å²) in [5.41, 5.74) is 6.93. The van der Waals surface area contributed by atoms with Crippen LogP contribution in [0.5, 0.6) is 0 Å². The molecule has 0 aromatic heterocycles. The van der Waals surface area contributed by atoms with E-state index < -0.39 is 0 Å². The third-order valence-electron chi connectivity index (χ3n) is 3.35. The van der Waals surface area contributed by atoms with Crippen molar-refractivity contribution in [3.63, 3.8) is 0 Å². The Labute approximate surface area is 116 Å². The van der Waals surface area contributed by atoms with Gasteiger partial charge in [-0.1, -0.05) is 32.0 Å². The standard InChI is InChI=1S/C15H25N3O/c1-4-18(5-2)11-12(3)17-10-13-8-6-7-9-14(13)15(16)19/h6-9,12,17H,4-5,10-11H2,1-3H3,(H2,16,19). The predicted octanol–water partition coefficient (Wildman–Crippen LogP) is 1.61. The van der Waals surface area contributed by atoms with Gasteiger partial charge >= 0.3 is 0 Å². The smallest absolute Gasteiger partial charge is 0.249 e. The highest BCUT2D eigenvalue weighted by atomic mass is 16.1. The van der Waals surface area contributed by atoms with Crippen molar-refractivity contribution >= 4 is 5.91 Å². The first-order valence-electron chi connectivity index (χ1n) is 6.91. The van der Waals surface area contributed by atoms with Crippen LogP contribution in [0, 0.1) is 0 Å². The fourth-order valence-electron chi connectivity index (χ4n) is 2.13. The summed E-state index contributed by atoms with van der Waals surface area (Å²) in [6.45, 7) is 10.3. The Morgan fingerprint density at radius 1 is 1.32 bits per heavy atom. The number of carbonyl (C=O) groups excluding carboxylic acids is 1. The molecule has 0 aliphatic heterocycles. The summed E-state index contributed by atoms with van der Waals surface area (Å²) >= 11 is 0. The second-order valence-corrected chi connectivity index (χ2v) is 4.79. The Kier molecular flexibility index (Phi) is 6.53. The lowest BCUT2D eigenvalue weighted by molar-refractivity contribution is 0.0999. The van der Waals surface area contributed by atoms with Crippen LogP contribution in [0.2, 0.25) is 0 Å². The number of primary amides is 1. The largest absolute Gasteiger partial charge is 0.366 e. The van der Waals surface area contributed by atoms with Gasteiger partial charge in [0.25, 0.3) is 0 Å². The van der Waals surface area contributed by atoms with Crippen LogP contribution in [0.1, 0.15) is 36.7 Å². The zero-order valence-corrected chi connectivity index (χ0v) is 12.1. The predicted molar refractivity (Wildman–Crippen MR) is 79.0 cm³/mol. The molecule has 0 spiro atoms. The molecule has 0 heterocycles. The van der Waals surface area contributed by atoms with E-state index in [9.17, 15) is 4.79 Å². The number of hydrogen-bond acceptors (Lipinski definition) is 3. The molecule has 0 saturated heterocycles. The summed E-state index contributed by atoms with van der Waals surface area (Å²) in [5.74, 6) is -0.367. The number of benzene rings is 1. The highest BCUT2D eigenvalue weighted by Gasteiger charge is 2.10. The van der Waals surface area contributed by atoms with Gasteiger partial charge in [0.15, 0.2) is 0 Å². The maximum Gasteiger partial charge on any atom is 0.249 e. The van der Waals surface area contributed by atoms with Crippen LogP contribution in [-0.4, -0.2) is 36.5 Å². The lowest BCUT2D eigenvalue weighted by atomic mass is 10.1. The van der Waals surface area contributed by atoms with Crippen molar-refractivity contribution in [2.45, 2.75) is 33.4 Å². The van der Waals surface area contributed by atoms with Crippen molar-refractivity contribution in [1.82, 2.24) is 10.2 Å². The molecule has 4 heteroatoms. The zero-order valence-electron chi connectivity index (χ0n) is 12.1. The molecule has 0 aliphatic rings. The summed E-state index contributed by atoms with van der Waals surface area (Å²) in [5, 5.41) is 3.44. The van der Waals surface area contributed by atoms with Crippen LogP contribution < -0.4 is 11.1 Å². The molecule has 0 saturated carbocycles. The van der Waals surface area contributed by atoms with E-state index in [0.29, 0.717) is 18.2 Å². The van der Waals surface area contributed by atoms with E-state index in [-0.39, 0.29) is 5.91 Å². The molecule has 1 amide bonds. The summed E-state index contributed by atoms with van der Waals surface area (Å²) < 4.78 is 0. The number of nitrogens with zero attached hydrogens (tertiary/aromatic N) is 1. The molecule has 106 valence electrons.